The number of amides is 1. The van der Waals surface area contributed by atoms with Gasteiger partial charge in [-0.1, -0.05) is 32.1 Å². The molecular weight excluding hydrogens is 484 g/mol. The fourth-order valence-corrected chi connectivity index (χ4v) is 6.52. The maximum atomic E-state index is 15.0. The lowest BCUT2D eigenvalue weighted by Gasteiger charge is -2.37. The van der Waals surface area contributed by atoms with Crippen LogP contribution in [-0.2, 0) is 27.2 Å². The fraction of sp³-hybridized carbons (Fsp3) is 0.444. The first-order valence-electron chi connectivity index (χ1n) is 12.2. The van der Waals surface area contributed by atoms with Crippen LogP contribution in [0.4, 0.5) is 8.78 Å². The molecule has 36 heavy (non-hydrogen) atoms. The zero-order valence-electron chi connectivity index (χ0n) is 21.2. The Kier molecular flexibility index (Phi) is 8.66. The molecule has 0 saturated carbocycles. The second-order valence-electron chi connectivity index (χ2n) is 9.87. The number of nitrogens with zero attached hydrogens (tertiary/aromatic N) is 1. The van der Waals surface area contributed by atoms with Crippen LogP contribution in [0, 0.1) is 11.6 Å². The molecule has 0 aliphatic carbocycles. The van der Waals surface area contributed by atoms with E-state index in [4.69, 9.17) is 9.84 Å². The van der Waals surface area contributed by atoms with Gasteiger partial charge in [0.25, 0.3) is 0 Å². The Bertz CT molecular complexity index is 1140. The van der Waals surface area contributed by atoms with Crippen molar-refractivity contribution in [2.24, 2.45) is 0 Å². The highest BCUT2D eigenvalue weighted by atomic mass is 28.3. The Labute approximate surface area is 211 Å². The van der Waals surface area contributed by atoms with Crippen molar-refractivity contribution < 1.29 is 33.0 Å². The third kappa shape index (κ3) is 6.00. The van der Waals surface area contributed by atoms with Gasteiger partial charge in [-0.05, 0) is 53.8 Å². The molecule has 1 N–H and O–H groups in total. The van der Waals surface area contributed by atoms with Crippen LogP contribution in [0.1, 0.15) is 48.9 Å². The standard InChI is InChI=1S/C27H33F2NO5Si/c1-5-36(3,4)27-21(28)13-17(14-22(27)29)15-23(31)26-20-10-9-19(35-2)16-18(20)11-12-30(26)24(32)7-6-8-25(33)34/h9-10,13-14,16,26H,5-8,11-12,15H2,1-4H3,(H,33,34)/t26-/m1/s1. The number of halogens is 2. The Balaban J connectivity index is 1.93. The van der Waals surface area contributed by atoms with Crippen LogP contribution >= 0.6 is 0 Å². The number of carboxylic acids is 1. The molecule has 0 bridgehead atoms. The van der Waals surface area contributed by atoms with E-state index in [0.717, 1.165) is 5.56 Å². The summed E-state index contributed by atoms with van der Waals surface area (Å²) < 4.78 is 35.2. The molecule has 0 fully saturated rings. The van der Waals surface area contributed by atoms with Gasteiger partial charge in [0.15, 0.2) is 5.78 Å². The summed E-state index contributed by atoms with van der Waals surface area (Å²) in [6, 6.07) is 7.50. The predicted octanol–water partition coefficient (Wildman–Crippen LogP) is 4.40. The summed E-state index contributed by atoms with van der Waals surface area (Å²) in [6.07, 6.45) is 0.285. The molecule has 0 saturated heterocycles. The minimum Gasteiger partial charge on any atom is -0.497 e. The van der Waals surface area contributed by atoms with Gasteiger partial charge in [-0.2, -0.15) is 0 Å². The van der Waals surface area contributed by atoms with Crippen molar-refractivity contribution in [1.82, 2.24) is 4.90 Å². The highest BCUT2D eigenvalue weighted by Gasteiger charge is 2.36. The van der Waals surface area contributed by atoms with Gasteiger partial charge in [-0.15, -0.1) is 0 Å². The summed E-state index contributed by atoms with van der Waals surface area (Å²) >= 11 is 0. The number of hydrogen-bond acceptors (Lipinski definition) is 4. The van der Waals surface area contributed by atoms with Crippen LogP contribution in [0.15, 0.2) is 30.3 Å². The van der Waals surface area contributed by atoms with Gasteiger partial charge >= 0.3 is 5.97 Å². The largest absolute Gasteiger partial charge is 0.497 e. The van der Waals surface area contributed by atoms with Gasteiger partial charge in [0, 0.05) is 31.0 Å². The maximum Gasteiger partial charge on any atom is 0.303 e. The number of rotatable bonds is 10. The Morgan fingerprint density at radius 2 is 1.78 bits per heavy atom. The van der Waals surface area contributed by atoms with Crippen molar-refractivity contribution in [2.45, 2.75) is 64.2 Å². The first-order chi connectivity index (χ1) is 17.0. The Morgan fingerprint density at radius 1 is 1.11 bits per heavy atom. The number of carbonyl (C=O) groups excluding carboxylic acids is 2. The van der Waals surface area contributed by atoms with E-state index in [0.29, 0.717) is 23.8 Å². The highest BCUT2D eigenvalue weighted by molar-refractivity contribution is 6.89. The maximum absolute atomic E-state index is 15.0. The summed E-state index contributed by atoms with van der Waals surface area (Å²) in [4.78, 5) is 38.9. The lowest BCUT2D eigenvalue weighted by molar-refractivity contribution is -0.141. The van der Waals surface area contributed by atoms with Crippen molar-refractivity contribution in [1.29, 1.82) is 0 Å². The molecule has 0 unspecified atom stereocenters. The number of carboxylic acid groups (broad SMARTS) is 1. The van der Waals surface area contributed by atoms with Gasteiger partial charge in [0.2, 0.25) is 5.91 Å². The number of methoxy groups -OCH3 is 1. The molecule has 1 aliphatic rings. The van der Waals surface area contributed by atoms with Crippen molar-refractivity contribution in [2.75, 3.05) is 13.7 Å². The summed E-state index contributed by atoms with van der Waals surface area (Å²) in [5, 5.41) is 9.03. The van der Waals surface area contributed by atoms with Crippen LogP contribution < -0.4 is 9.92 Å². The number of aliphatic carboxylic acids is 1. The number of carbonyl (C=O) groups is 3. The minimum absolute atomic E-state index is 0.00372. The number of ketones is 1. The fourth-order valence-electron chi connectivity index (χ4n) is 4.73. The summed E-state index contributed by atoms with van der Waals surface area (Å²) in [5.41, 5.74) is 1.74. The van der Waals surface area contributed by atoms with E-state index in [1.807, 2.05) is 26.1 Å². The smallest absolute Gasteiger partial charge is 0.303 e. The van der Waals surface area contributed by atoms with Gasteiger partial charge in [-0.3, -0.25) is 14.4 Å². The number of Topliss-reactive ketones (excluding diaryl/α,β-unsaturated/α-hetero) is 1. The molecule has 6 nitrogen and oxygen atoms in total. The van der Waals surface area contributed by atoms with Gasteiger partial charge < -0.3 is 14.7 Å². The minimum atomic E-state index is -2.28. The van der Waals surface area contributed by atoms with E-state index in [-0.39, 0.29) is 54.7 Å². The van der Waals surface area contributed by atoms with Crippen molar-refractivity contribution in [3.8, 4) is 5.75 Å². The average molecular weight is 518 g/mol. The first kappa shape index (κ1) is 27.5. The SMILES string of the molecule is CC[Si](C)(C)c1c(F)cc(CC(=O)[C@H]2c3ccc(OC)cc3CCN2C(=O)CCCC(=O)O)cc1F. The second kappa shape index (κ2) is 11.3. The molecule has 1 aliphatic heterocycles. The normalized spacial score (nSPS) is 15.4. The van der Waals surface area contributed by atoms with Crippen LogP contribution in [-0.4, -0.2) is 49.4 Å². The molecule has 2 aromatic carbocycles. The van der Waals surface area contributed by atoms with Crippen molar-refractivity contribution in [3.05, 3.63) is 58.7 Å². The van der Waals surface area contributed by atoms with E-state index in [2.05, 4.69) is 0 Å². The van der Waals surface area contributed by atoms with E-state index < -0.39 is 31.7 Å². The summed E-state index contributed by atoms with van der Waals surface area (Å²) in [7, 11) is -0.740. The Hall–Kier alpha value is -3.07. The molecular formula is C27H33F2NO5Si. The topological polar surface area (TPSA) is 83.9 Å². The van der Waals surface area contributed by atoms with E-state index in [1.165, 1.54) is 17.0 Å². The third-order valence-corrected chi connectivity index (χ3v) is 10.6. The molecule has 0 aromatic heterocycles. The van der Waals surface area contributed by atoms with Gasteiger partial charge in [0.05, 0.1) is 15.2 Å². The van der Waals surface area contributed by atoms with Crippen LogP contribution in [0.25, 0.3) is 0 Å². The quantitative estimate of drug-likeness (QED) is 0.473. The van der Waals surface area contributed by atoms with Crippen molar-refractivity contribution >= 4 is 30.9 Å². The van der Waals surface area contributed by atoms with Crippen LogP contribution in [0.2, 0.25) is 19.1 Å². The number of benzene rings is 2. The summed E-state index contributed by atoms with van der Waals surface area (Å²) in [5.74, 6) is -2.30. The number of ether oxygens (including phenoxy) is 1. The van der Waals surface area contributed by atoms with Crippen LogP contribution in [0.3, 0.4) is 0 Å². The Morgan fingerprint density at radius 3 is 2.36 bits per heavy atom. The monoisotopic (exact) mass is 517 g/mol. The first-order valence-corrected chi connectivity index (χ1v) is 15.4. The van der Waals surface area contributed by atoms with Crippen molar-refractivity contribution in [3.63, 3.8) is 0 Å². The molecule has 9 heteroatoms. The highest BCUT2D eigenvalue weighted by Crippen LogP contribution is 2.34. The average Bonchev–Trinajstić information content (AvgIpc) is 2.81. The zero-order valence-corrected chi connectivity index (χ0v) is 22.2. The lowest BCUT2D eigenvalue weighted by atomic mass is 9.87. The van der Waals surface area contributed by atoms with Crippen LogP contribution in [0.5, 0.6) is 5.75 Å². The molecule has 1 atom stereocenters. The molecule has 1 amide bonds. The van der Waals surface area contributed by atoms with Gasteiger partial charge in [0.1, 0.15) is 23.4 Å². The van der Waals surface area contributed by atoms with E-state index >= 15 is 0 Å². The zero-order chi connectivity index (χ0) is 26.6. The summed E-state index contributed by atoms with van der Waals surface area (Å²) in [6.45, 7) is 6.00. The number of fused-ring (bicyclic) bond motifs is 1. The molecule has 194 valence electrons. The number of hydrogen-bond donors (Lipinski definition) is 1. The second-order valence-corrected chi connectivity index (χ2v) is 14.8. The lowest BCUT2D eigenvalue weighted by Crippen LogP contribution is -2.45. The van der Waals surface area contributed by atoms with E-state index in [1.54, 1.807) is 19.2 Å². The van der Waals surface area contributed by atoms with E-state index in [9.17, 15) is 23.2 Å². The molecule has 3 rings (SSSR count). The molecule has 0 radical (unpaired) electrons. The molecule has 0 spiro atoms. The molecule has 2 aromatic rings. The molecule has 1 heterocycles. The van der Waals surface area contributed by atoms with Gasteiger partial charge in [-0.25, -0.2) is 8.78 Å². The predicted molar refractivity (Wildman–Crippen MR) is 135 cm³/mol. The third-order valence-electron chi connectivity index (χ3n) is 7.03.